The van der Waals surface area contributed by atoms with Crippen molar-refractivity contribution in [1.29, 1.82) is 0 Å². The van der Waals surface area contributed by atoms with Crippen molar-refractivity contribution in [3.8, 4) is 0 Å². The van der Waals surface area contributed by atoms with Crippen molar-refractivity contribution in [2.45, 2.75) is 39.7 Å². The summed E-state index contributed by atoms with van der Waals surface area (Å²) in [6, 6.07) is 0.502. The van der Waals surface area contributed by atoms with Crippen LogP contribution in [0, 0.1) is 11.3 Å². The molecule has 1 saturated carbocycles. The summed E-state index contributed by atoms with van der Waals surface area (Å²) in [5.74, 6) is 0.775. The monoisotopic (exact) mass is 127 g/mol. The molecule has 0 saturated heterocycles. The lowest BCUT2D eigenvalue weighted by molar-refractivity contribution is 0.334. The van der Waals surface area contributed by atoms with Crippen LogP contribution in [0.5, 0.6) is 0 Å². The minimum atomic E-state index is 0.502. The van der Waals surface area contributed by atoms with Gasteiger partial charge in [0.15, 0.2) is 0 Å². The van der Waals surface area contributed by atoms with E-state index in [4.69, 9.17) is 5.73 Å². The molecule has 0 spiro atoms. The van der Waals surface area contributed by atoms with E-state index in [1.54, 1.807) is 0 Å². The van der Waals surface area contributed by atoms with E-state index in [9.17, 15) is 0 Å². The lowest BCUT2D eigenvalue weighted by Gasteiger charge is -2.17. The lowest BCUT2D eigenvalue weighted by atomic mass is 9.89. The van der Waals surface area contributed by atoms with Crippen LogP contribution in [0.1, 0.15) is 33.6 Å². The summed E-state index contributed by atoms with van der Waals surface area (Å²) in [6.07, 6.45) is 2.51. The van der Waals surface area contributed by atoms with Crippen molar-refractivity contribution < 1.29 is 0 Å². The molecule has 0 unspecified atom stereocenters. The molecule has 0 amide bonds. The van der Waals surface area contributed by atoms with Crippen molar-refractivity contribution in [2.24, 2.45) is 17.1 Å². The van der Waals surface area contributed by atoms with Gasteiger partial charge in [-0.15, -0.1) is 0 Å². The molecular weight excluding hydrogens is 110 g/mol. The molecule has 1 heteroatoms. The second-order valence-electron chi connectivity index (χ2n) is 3.55. The fraction of sp³-hybridized carbons (Fsp3) is 1.00. The Morgan fingerprint density at radius 3 is 2.11 bits per heavy atom. The predicted octanol–water partition coefficient (Wildman–Crippen LogP) is 1.77. The number of rotatable bonds is 2. The van der Waals surface area contributed by atoms with E-state index in [1.807, 2.05) is 0 Å². The second-order valence-corrected chi connectivity index (χ2v) is 3.55. The molecule has 1 aliphatic carbocycles. The van der Waals surface area contributed by atoms with Crippen molar-refractivity contribution in [3.05, 3.63) is 0 Å². The Morgan fingerprint density at radius 1 is 1.67 bits per heavy atom. The molecule has 0 aromatic carbocycles. The normalized spacial score (nSPS) is 41.7. The first-order valence-electron chi connectivity index (χ1n) is 3.89. The first-order chi connectivity index (χ1) is 4.13. The topological polar surface area (TPSA) is 26.0 Å². The molecule has 1 rings (SSSR count). The third kappa shape index (κ3) is 0.877. The van der Waals surface area contributed by atoms with E-state index in [0.29, 0.717) is 11.5 Å². The van der Waals surface area contributed by atoms with Crippen LogP contribution in [-0.4, -0.2) is 6.04 Å². The van der Waals surface area contributed by atoms with Gasteiger partial charge >= 0.3 is 0 Å². The van der Waals surface area contributed by atoms with Crippen molar-refractivity contribution >= 4 is 0 Å². The molecule has 2 atom stereocenters. The maximum Gasteiger partial charge on any atom is 0.0104 e. The van der Waals surface area contributed by atoms with Crippen molar-refractivity contribution in [2.75, 3.05) is 0 Å². The second kappa shape index (κ2) is 1.98. The Bertz CT molecular complexity index is 105. The van der Waals surface area contributed by atoms with Gasteiger partial charge in [-0.1, -0.05) is 20.8 Å². The summed E-state index contributed by atoms with van der Waals surface area (Å²) < 4.78 is 0. The van der Waals surface area contributed by atoms with E-state index < -0.39 is 0 Å². The Morgan fingerprint density at radius 2 is 2.11 bits per heavy atom. The fourth-order valence-electron chi connectivity index (χ4n) is 1.83. The molecule has 1 fully saturated rings. The van der Waals surface area contributed by atoms with Crippen LogP contribution in [0.2, 0.25) is 0 Å². The van der Waals surface area contributed by atoms with Crippen LogP contribution in [-0.2, 0) is 0 Å². The quantitative estimate of drug-likeness (QED) is 0.601. The van der Waals surface area contributed by atoms with Gasteiger partial charge in [-0.05, 0) is 24.2 Å². The molecule has 0 bridgehead atoms. The molecule has 1 nitrogen and oxygen atoms in total. The van der Waals surface area contributed by atoms with E-state index in [0.717, 1.165) is 5.92 Å². The van der Waals surface area contributed by atoms with Gasteiger partial charge in [0.1, 0.15) is 0 Å². The first-order valence-corrected chi connectivity index (χ1v) is 3.89. The zero-order valence-corrected chi connectivity index (χ0v) is 6.65. The minimum absolute atomic E-state index is 0.502. The van der Waals surface area contributed by atoms with Gasteiger partial charge in [0.25, 0.3) is 0 Å². The number of hydrogen-bond donors (Lipinski definition) is 1. The predicted molar refractivity (Wildman–Crippen MR) is 40.2 cm³/mol. The van der Waals surface area contributed by atoms with Gasteiger partial charge in [-0.2, -0.15) is 0 Å². The van der Waals surface area contributed by atoms with Gasteiger partial charge in [0.05, 0.1) is 0 Å². The van der Waals surface area contributed by atoms with Gasteiger partial charge < -0.3 is 5.73 Å². The van der Waals surface area contributed by atoms with Gasteiger partial charge in [0.2, 0.25) is 0 Å². The van der Waals surface area contributed by atoms with E-state index >= 15 is 0 Å². The Hall–Kier alpha value is -0.0400. The molecule has 0 radical (unpaired) electrons. The number of hydrogen-bond acceptors (Lipinski definition) is 1. The first kappa shape index (κ1) is 7.07. The maximum absolute atomic E-state index is 5.81. The summed E-state index contributed by atoms with van der Waals surface area (Å²) >= 11 is 0. The van der Waals surface area contributed by atoms with Gasteiger partial charge in [0, 0.05) is 6.04 Å². The maximum atomic E-state index is 5.81. The lowest BCUT2D eigenvalue weighted by Crippen LogP contribution is -2.18. The molecule has 9 heavy (non-hydrogen) atoms. The summed E-state index contributed by atoms with van der Waals surface area (Å²) in [4.78, 5) is 0. The van der Waals surface area contributed by atoms with Crippen LogP contribution in [0.15, 0.2) is 0 Å². The average molecular weight is 127 g/mol. The molecule has 0 aliphatic heterocycles. The van der Waals surface area contributed by atoms with Crippen LogP contribution >= 0.6 is 0 Å². The van der Waals surface area contributed by atoms with E-state index in [-0.39, 0.29) is 0 Å². The fourth-order valence-corrected chi connectivity index (χ4v) is 1.83. The minimum Gasteiger partial charge on any atom is -0.327 e. The van der Waals surface area contributed by atoms with Crippen LogP contribution in [0.3, 0.4) is 0 Å². The van der Waals surface area contributed by atoms with E-state index in [2.05, 4.69) is 20.8 Å². The third-order valence-electron chi connectivity index (χ3n) is 2.99. The highest BCUT2D eigenvalue weighted by atomic mass is 14.8. The smallest absolute Gasteiger partial charge is 0.0104 e. The van der Waals surface area contributed by atoms with Gasteiger partial charge in [-0.25, -0.2) is 0 Å². The Labute approximate surface area is 57.6 Å². The SMILES string of the molecule is CC[C@]1(C(C)C)C[C@H]1N. The summed E-state index contributed by atoms with van der Waals surface area (Å²) in [5.41, 5.74) is 6.34. The largest absolute Gasteiger partial charge is 0.327 e. The molecule has 0 heterocycles. The highest BCUT2D eigenvalue weighted by Gasteiger charge is 2.52. The highest BCUT2D eigenvalue weighted by Crippen LogP contribution is 2.53. The van der Waals surface area contributed by atoms with Gasteiger partial charge in [-0.3, -0.25) is 0 Å². The average Bonchev–Trinajstić information content (AvgIpc) is 2.43. The van der Waals surface area contributed by atoms with Crippen LogP contribution < -0.4 is 5.73 Å². The number of nitrogens with two attached hydrogens (primary N) is 1. The molecule has 1 aliphatic rings. The Kier molecular flexibility index (Phi) is 1.55. The molecule has 2 N–H and O–H groups in total. The zero-order chi connectivity index (χ0) is 7.07. The standard InChI is InChI=1S/C8H17N/c1-4-8(6(2)3)5-7(8)9/h6-7H,4-5,9H2,1-3H3/t7-,8-/m1/s1. The van der Waals surface area contributed by atoms with Crippen LogP contribution in [0.25, 0.3) is 0 Å². The Balaban J connectivity index is 2.52. The van der Waals surface area contributed by atoms with Crippen molar-refractivity contribution in [1.82, 2.24) is 0 Å². The zero-order valence-electron chi connectivity index (χ0n) is 6.65. The van der Waals surface area contributed by atoms with E-state index in [1.165, 1.54) is 12.8 Å². The molecule has 0 aromatic rings. The summed E-state index contributed by atoms with van der Waals surface area (Å²) in [6.45, 7) is 6.79. The highest BCUT2D eigenvalue weighted by molar-refractivity contribution is 5.06. The van der Waals surface area contributed by atoms with Crippen molar-refractivity contribution in [3.63, 3.8) is 0 Å². The summed E-state index contributed by atoms with van der Waals surface area (Å²) in [7, 11) is 0. The molecular formula is C8H17N. The third-order valence-corrected chi connectivity index (χ3v) is 2.99. The summed E-state index contributed by atoms with van der Waals surface area (Å²) in [5, 5.41) is 0. The van der Waals surface area contributed by atoms with Crippen LogP contribution in [0.4, 0.5) is 0 Å². The molecule has 0 aromatic heterocycles. The molecule has 54 valence electrons.